The van der Waals surface area contributed by atoms with Crippen LogP contribution in [0.25, 0.3) is 5.69 Å². The second-order valence-corrected chi connectivity index (χ2v) is 6.32. The SMILES string of the molecule is CC(CC(=O)Nc1ccc(-n2cncn2)c(F)c1)C1CCNCC1.Cl. The highest BCUT2D eigenvalue weighted by Crippen LogP contribution is 2.25. The summed E-state index contributed by atoms with van der Waals surface area (Å²) in [7, 11) is 0. The molecule has 2 heterocycles. The molecular weight excluding hydrogens is 345 g/mol. The van der Waals surface area contributed by atoms with E-state index in [1.807, 2.05) is 0 Å². The summed E-state index contributed by atoms with van der Waals surface area (Å²) < 4.78 is 15.5. The van der Waals surface area contributed by atoms with Gasteiger partial charge in [0.15, 0.2) is 5.82 Å². The second-order valence-electron chi connectivity index (χ2n) is 6.32. The van der Waals surface area contributed by atoms with Gasteiger partial charge in [0.2, 0.25) is 5.91 Å². The van der Waals surface area contributed by atoms with Crippen LogP contribution in [0, 0.1) is 17.7 Å². The molecule has 0 aliphatic carbocycles. The summed E-state index contributed by atoms with van der Waals surface area (Å²) in [6.45, 7) is 4.15. The van der Waals surface area contributed by atoms with Crippen molar-refractivity contribution in [3.63, 3.8) is 0 Å². The Labute approximate surface area is 152 Å². The third kappa shape index (κ3) is 4.99. The zero-order chi connectivity index (χ0) is 16.9. The summed E-state index contributed by atoms with van der Waals surface area (Å²) in [5.74, 6) is 0.369. The first-order valence-corrected chi connectivity index (χ1v) is 8.28. The Bertz CT molecular complexity index is 688. The van der Waals surface area contributed by atoms with Crippen LogP contribution in [0.1, 0.15) is 26.2 Å². The Morgan fingerprint density at radius 2 is 2.20 bits per heavy atom. The van der Waals surface area contributed by atoms with Crippen molar-refractivity contribution in [3.05, 3.63) is 36.7 Å². The number of hydrogen-bond acceptors (Lipinski definition) is 4. The van der Waals surface area contributed by atoms with Crippen molar-refractivity contribution in [3.8, 4) is 5.69 Å². The first-order chi connectivity index (χ1) is 11.6. The minimum Gasteiger partial charge on any atom is -0.326 e. The molecule has 2 aromatic rings. The molecule has 1 amide bonds. The number of hydrogen-bond donors (Lipinski definition) is 2. The minimum absolute atomic E-state index is 0. The average Bonchev–Trinajstić information content (AvgIpc) is 3.10. The van der Waals surface area contributed by atoms with Crippen LogP contribution < -0.4 is 10.6 Å². The molecular formula is C17H23ClFN5O. The van der Waals surface area contributed by atoms with E-state index in [-0.39, 0.29) is 18.3 Å². The van der Waals surface area contributed by atoms with E-state index < -0.39 is 5.82 Å². The van der Waals surface area contributed by atoms with Crippen LogP contribution in [0.2, 0.25) is 0 Å². The standard InChI is InChI=1S/C17H22FN5O.ClH/c1-12(13-4-6-19-7-5-13)8-17(24)22-14-2-3-16(15(18)9-14)23-11-20-10-21-23;/h2-3,9-13,19H,4-8H2,1H3,(H,22,24);1H. The third-order valence-electron chi connectivity index (χ3n) is 4.59. The average molecular weight is 368 g/mol. The summed E-state index contributed by atoms with van der Waals surface area (Å²) in [5.41, 5.74) is 0.757. The first-order valence-electron chi connectivity index (χ1n) is 8.28. The lowest BCUT2D eigenvalue weighted by molar-refractivity contribution is -0.117. The molecule has 1 saturated heterocycles. The molecule has 6 nitrogen and oxygen atoms in total. The Balaban J connectivity index is 0.00000225. The largest absolute Gasteiger partial charge is 0.326 e. The molecule has 1 atom stereocenters. The smallest absolute Gasteiger partial charge is 0.224 e. The molecule has 0 saturated carbocycles. The maximum atomic E-state index is 14.2. The van der Waals surface area contributed by atoms with E-state index in [4.69, 9.17) is 0 Å². The lowest BCUT2D eigenvalue weighted by Crippen LogP contribution is -2.32. The zero-order valence-corrected chi connectivity index (χ0v) is 14.9. The van der Waals surface area contributed by atoms with Gasteiger partial charge in [0.05, 0.1) is 0 Å². The van der Waals surface area contributed by atoms with E-state index in [0.717, 1.165) is 25.9 Å². The molecule has 8 heteroatoms. The Kier molecular flexibility index (Phi) is 6.90. The minimum atomic E-state index is -0.454. The molecule has 1 unspecified atom stereocenters. The maximum Gasteiger partial charge on any atom is 0.224 e. The monoisotopic (exact) mass is 367 g/mol. The number of anilines is 1. The van der Waals surface area contributed by atoms with Crippen molar-refractivity contribution in [1.82, 2.24) is 20.1 Å². The van der Waals surface area contributed by atoms with Crippen molar-refractivity contribution in [2.45, 2.75) is 26.2 Å². The number of rotatable bonds is 5. The lowest BCUT2D eigenvalue weighted by atomic mass is 9.84. The summed E-state index contributed by atoms with van der Waals surface area (Å²) >= 11 is 0. The first kappa shape index (κ1) is 19.3. The number of piperidine rings is 1. The number of carbonyl (C=O) groups excluding carboxylic acids is 1. The van der Waals surface area contributed by atoms with E-state index in [1.54, 1.807) is 12.1 Å². The molecule has 1 aromatic carbocycles. The van der Waals surface area contributed by atoms with Crippen LogP contribution in [0.4, 0.5) is 10.1 Å². The molecule has 1 fully saturated rings. The molecule has 2 N–H and O–H groups in total. The number of nitrogens with zero attached hydrogens (tertiary/aromatic N) is 3. The third-order valence-corrected chi connectivity index (χ3v) is 4.59. The number of benzene rings is 1. The normalized spacial score (nSPS) is 16.1. The van der Waals surface area contributed by atoms with Crippen molar-refractivity contribution >= 4 is 24.0 Å². The molecule has 3 rings (SSSR count). The van der Waals surface area contributed by atoms with Crippen molar-refractivity contribution in [1.29, 1.82) is 0 Å². The molecule has 136 valence electrons. The highest BCUT2D eigenvalue weighted by Gasteiger charge is 2.22. The van der Waals surface area contributed by atoms with Crippen molar-refractivity contribution in [2.24, 2.45) is 11.8 Å². The molecule has 0 spiro atoms. The number of carbonyl (C=O) groups is 1. The predicted octanol–water partition coefficient (Wildman–Crippen LogP) is 2.79. The highest BCUT2D eigenvalue weighted by atomic mass is 35.5. The van der Waals surface area contributed by atoms with Crippen LogP contribution in [0.5, 0.6) is 0 Å². The van der Waals surface area contributed by atoms with Crippen LogP contribution in [0.15, 0.2) is 30.9 Å². The van der Waals surface area contributed by atoms with E-state index >= 15 is 0 Å². The molecule has 0 bridgehead atoms. The Hall–Kier alpha value is -1.99. The fourth-order valence-electron chi connectivity index (χ4n) is 3.19. The maximum absolute atomic E-state index is 14.2. The summed E-state index contributed by atoms with van der Waals surface area (Å²) in [4.78, 5) is 16.0. The van der Waals surface area contributed by atoms with Gasteiger partial charge in [-0.2, -0.15) is 5.10 Å². The summed E-state index contributed by atoms with van der Waals surface area (Å²) in [6.07, 6.45) is 5.44. The Morgan fingerprint density at radius 1 is 1.44 bits per heavy atom. The number of halogens is 2. The van der Waals surface area contributed by atoms with Crippen LogP contribution in [0.3, 0.4) is 0 Å². The lowest BCUT2D eigenvalue weighted by Gasteiger charge is -2.27. The second kappa shape index (κ2) is 8.92. The van der Waals surface area contributed by atoms with E-state index in [9.17, 15) is 9.18 Å². The van der Waals surface area contributed by atoms with Crippen LogP contribution >= 0.6 is 12.4 Å². The van der Waals surface area contributed by atoms with Gasteiger partial charge in [0, 0.05) is 12.1 Å². The van der Waals surface area contributed by atoms with Gasteiger partial charge in [-0.3, -0.25) is 4.79 Å². The van der Waals surface area contributed by atoms with Gasteiger partial charge in [-0.1, -0.05) is 6.92 Å². The van der Waals surface area contributed by atoms with Crippen molar-refractivity contribution < 1.29 is 9.18 Å². The Morgan fingerprint density at radius 3 is 2.84 bits per heavy atom. The molecule has 25 heavy (non-hydrogen) atoms. The molecule has 1 aromatic heterocycles. The highest BCUT2D eigenvalue weighted by molar-refractivity contribution is 5.90. The summed E-state index contributed by atoms with van der Waals surface area (Å²) in [5, 5.41) is 10.0. The fourth-order valence-corrected chi connectivity index (χ4v) is 3.19. The fraction of sp³-hybridized carbons (Fsp3) is 0.471. The van der Waals surface area contributed by atoms with E-state index in [1.165, 1.54) is 23.4 Å². The van der Waals surface area contributed by atoms with Gasteiger partial charge < -0.3 is 10.6 Å². The van der Waals surface area contributed by atoms with E-state index in [0.29, 0.717) is 29.6 Å². The number of amides is 1. The molecule has 1 aliphatic heterocycles. The van der Waals surface area contributed by atoms with Gasteiger partial charge >= 0.3 is 0 Å². The van der Waals surface area contributed by atoms with Crippen LogP contribution in [-0.2, 0) is 4.79 Å². The van der Waals surface area contributed by atoms with Gasteiger partial charge in [-0.05, 0) is 56.0 Å². The quantitative estimate of drug-likeness (QED) is 0.852. The number of aromatic nitrogens is 3. The molecule has 1 aliphatic rings. The van der Waals surface area contributed by atoms with Gasteiger partial charge in [0.1, 0.15) is 18.3 Å². The van der Waals surface area contributed by atoms with E-state index in [2.05, 4.69) is 27.6 Å². The topological polar surface area (TPSA) is 71.8 Å². The summed E-state index contributed by atoms with van der Waals surface area (Å²) in [6, 6.07) is 4.56. The predicted molar refractivity (Wildman–Crippen MR) is 96.6 cm³/mol. The number of nitrogens with one attached hydrogen (secondary N) is 2. The zero-order valence-electron chi connectivity index (χ0n) is 14.1. The van der Waals surface area contributed by atoms with Gasteiger partial charge in [-0.15, -0.1) is 12.4 Å². The molecule has 0 radical (unpaired) electrons. The van der Waals surface area contributed by atoms with Crippen LogP contribution in [-0.4, -0.2) is 33.8 Å². The van der Waals surface area contributed by atoms with Crippen molar-refractivity contribution in [2.75, 3.05) is 18.4 Å². The van der Waals surface area contributed by atoms with Gasteiger partial charge in [0.25, 0.3) is 0 Å². The van der Waals surface area contributed by atoms with Gasteiger partial charge in [-0.25, -0.2) is 14.1 Å².